The molecule has 2 saturated heterocycles. The fourth-order valence-corrected chi connectivity index (χ4v) is 7.25. The van der Waals surface area contributed by atoms with Crippen LogP contribution in [-0.2, 0) is 26.2 Å². The van der Waals surface area contributed by atoms with Gasteiger partial charge in [0.1, 0.15) is 6.04 Å². The lowest BCUT2D eigenvalue weighted by Crippen LogP contribution is -2.53. The second-order valence-corrected chi connectivity index (χ2v) is 12.2. The van der Waals surface area contributed by atoms with Crippen molar-refractivity contribution in [3.63, 3.8) is 0 Å². The first-order chi connectivity index (χ1) is 18.2. The zero-order chi connectivity index (χ0) is 26.9. The number of sulfonamides is 1. The SMILES string of the molecule is Cc1ccc(N2C(=O)CC(N(C3CCN(Cc4ccccc4)CC3)S(=O)(=O)c3ccc(Cl)cc3)C2=O)cc1. The molecule has 2 amide bonds. The second-order valence-electron chi connectivity index (χ2n) is 9.90. The summed E-state index contributed by atoms with van der Waals surface area (Å²) >= 11 is 6.02. The second kappa shape index (κ2) is 11.0. The highest BCUT2D eigenvalue weighted by atomic mass is 35.5. The fraction of sp³-hybridized carbons (Fsp3) is 0.310. The molecule has 5 rings (SSSR count). The molecule has 2 fully saturated rings. The van der Waals surface area contributed by atoms with Gasteiger partial charge in [0.25, 0.3) is 5.91 Å². The van der Waals surface area contributed by atoms with Gasteiger partial charge in [-0.05, 0) is 61.7 Å². The van der Waals surface area contributed by atoms with E-state index in [-0.39, 0.29) is 11.3 Å². The van der Waals surface area contributed by atoms with E-state index in [9.17, 15) is 18.0 Å². The minimum Gasteiger partial charge on any atom is -0.299 e. The maximum Gasteiger partial charge on any atom is 0.252 e. The van der Waals surface area contributed by atoms with Crippen LogP contribution in [0.2, 0.25) is 5.02 Å². The number of benzene rings is 3. The number of hydrogen-bond donors (Lipinski definition) is 0. The van der Waals surface area contributed by atoms with Crippen LogP contribution >= 0.6 is 11.6 Å². The van der Waals surface area contributed by atoms with Crippen LogP contribution in [0.25, 0.3) is 0 Å². The summed E-state index contributed by atoms with van der Waals surface area (Å²) in [4.78, 5) is 30.3. The summed E-state index contributed by atoms with van der Waals surface area (Å²) in [5.41, 5.74) is 2.65. The lowest BCUT2D eigenvalue weighted by Gasteiger charge is -2.39. The first kappa shape index (κ1) is 26.6. The number of nitrogens with zero attached hydrogens (tertiary/aromatic N) is 3. The third kappa shape index (κ3) is 5.40. The summed E-state index contributed by atoms with van der Waals surface area (Å²) in [6.45, 7) is 4.07. The predicted octanol–water partition coefficient (Wildman–Crippen LogP) is 4.64. The molecule has 1 unspecified atom stereocenters. The Morgan fingerprint density at radius 1 is 0.895 bits per heavy atom. The van der Waals surface area contributed by atoms with Crippen LogP contribution in [-0.4, -0.2) is 54.6 Å². The van der Waals surface area contributed by atoms with E-state index in [0.29, 0.717) is 36.6 Å². The normalized spacial score (nSPS) is 19.4. The Kier molecular flexibility index (Phi) is 7.68. The first-order valence-corrected chi connectivity index (χ1v) is 14.5. The summed E-state index contributed by atoms with van der Waals surface area (Å²) in [7, 11) is -4.09. The summed E-state index contributed by atoms with van der Waals surface area (Å²) in [6, 6.07) is 21.7. The molecule has 0 aliphatic carbocycles. The van der Waals surface area contributed by atoms with Crippen molar-refractivity contribution in [2.75, 3.05) is 18.0 Å². The summed E-state index contributed by atoms with van der Waals surface area (Å²) < 4.78 is 29.4. The van der Waals surface area contributed by atoms with E-state index >= 15 is 0 Å². The minimum atomic E-state index is -4.09. The molecule has 0 spiro atoms. The number of halogens is 1. The molecular formula is C29H30ClN3O4S. The molecule has 9 heteroatoms. The van der Waals surface area contributed by atoms with Gasteiger partial charge in [0.2, 0.25) is 15.9 Å². The van der Waals surface area contributed by atoms with Crippen molar-refractivity contribution < 1.29 is 18.0 Å². The Hall–Kier alpha value is -3.04. The van der Waals surface area contributed by atoms with E-state index in [2.05, 4.69) is 17.0 Å². The predicted molar refractivity (Wildman–Crippen MR) is 147 cm³/mol. The van der Waals surface area contributed by atoms with Gasteiger partial charge in [0, 0.05) is 30.7 Å². The number of carbonyl (C=O) groups is 2. The van der Waals surface area contributed by atoms with Crippen molar-refractivity contribution >= 4 is 39.1 Å². The topological polar surface area (TPSA) is 78.0 Å². The molecule has 0 aromatic heterocycles. The van der Waals surface area contributed by atoms with Gasteiger partial charge in [0.05, 0.1) is 17.0 Å². The van der Waals surface area contributed by atoms with Crippen molar-refractivity contribution in [2.45, 2.75) is 49.7 Å². The third-order valence-electron chi connectivity index (χ3n) is 7.28. The van der Waals surface area contributed by atoms with Gasteiger partial charge < -0.3 is 0 Å². The minimum absolute atomic E-state index is 0.0580. The quantitative estimate of drug-likeness (QED) is 0.400. The van der Waals surface area contributed by atoms with Crippen LogP contribution in [0.15, 0.2) is 83.8 Å². The standard InChI is InChI=1S/C29H30ClN3O4S/c1-21-7-11-24(12-8-21)32-28(34)19-27(29(32)35)33(38(36,37)26-13-9-23(30)10-14-26)25-15-17-31(18-16-25)20-22-5-3-2-4-6-22/h2-14,25,27H,15-20H2,1H3. The first-order valence-electron chi connectivity index (χ1n) is 12.7. The van der Waals surface area contributed by atoms with Crippen LogP contribution in [0.5, 0.6) is 0 Å². The van der Waals surface area contributed by atoms with Gasteiger partial charge in [-0.25, -0.2) is 13.3 Å². The van der Waals surface area contributed by atoms with E-state index in [1.54, 1.807) is 12.1 Å². The highest BCUT2D eigenvalue weighted by Crippen LogP contribution is 2.34. The van der Waals surface area contributed by atoms with Gasteiger partial charge in [0.15, 0.2) is 0 Å². The van der Waals surface area contributed by atoms with Crippen molar-refractivity contribution in [2.24, 2.45) is 0 Å². The fourth-order valence-electron chi connectivity index (χ4n) is 5.30. The van der Waals surface area contributed by atoms with Crippen LogP contribution in [0.3, 0.4) is 0 Å². The molecule has 0 radical (unpaired) electrons. The molecule has 3 aromatic rings. The van der Waals surface area contributed by atoms with Crippen LogP contribution in [0.4, 0.5) is 5.69 Å². The van der Waals surface area contributed by atoms with Crippen molar-refractivity contribution in [1.29, 1.82) is 0 Å². The van der Waals surface area contributed by atoms with Crippen LogP contribution in [0.1, 0.15) is 30.4 Å². The van der Waals surface area contributed by atoms with E-state index in [4.69, 9.17) is 11.6 Å². The molecule has 7 nitrogen and oxygen atoms in total. The molecule has 38 heavy (non-hydrogen) atoms. The monoisotopic (exact) mass is 551 g/mol. The van der Waals surface area contributed by atoms with Crippen molar-refractivity contribution in [3.8, 4) is 0 Å². The van der Waals surface area contributed by atoms with Gasteiger partial charge in [-0.1, -0.05) is 59.6 Å². The number of aryl methyl sites for hydroxylation is 1. The van der Waals surface area contributed by atoms with E-state index < -0.39 is 33.9 Å². The van der Waals surface area contributed by atoms with Crippen LogP contribution in [0, 0.1) is 6.92 Å². The van der Waals surface area contributed by atoms with Crippen LogP contribution < -0.4 is 4.90 Å². The average molecular weight is 552 g/mol. The molecule has 2 aliphatic rings. The Bertz CT molecular complexity index is 1400. The summed E-state index contributed by atoms with van der Waals surface area (Å²) in [6.07, 6.45) is 0.925. The highest BCUT2D eigenvalue weighted by molar-refractivity contribution is 7.89. The molecule has 2 aliphatic heterocycles. The average Bonchev–Trinajstić information content (AvgIpc) is 3.19. The molecular weight excluding hydrogens is 522 g/mol. The molecule has 198 valence electrons. The molecule has 2 heterocycles. The Labute approximate surface area is 228 Å². The number of carbonyl (C=O) groups excluding carboxylic acids is 2. The summed E-state index contributed by atoms with van der Waals surface area (Å²) in [5.74, 6) is -0.912. The van der Waals surface area contributed by atoms with Crippen molar-refractivity contribution in [1.82, 2.24) is 9.21 Å². The zero-order valence-electron chi connectivity index (χ0n) is 21.2. The molecule has 0 saturated carbocycles. The lowest BCUT2D eigenvalue weighted by atomic mass is 10.0. The van der Waals surface area contributed by atoms with Gasteiger partial charge in [-0.2, -0.15) is 4.31 Å². The van der Waals surface area contributed by atoms with Gasteiger partial charge >= 0.3 is 0 Å². The number of hydrogen-bond acceptors (Lipinski definition) is 5. The van der Waals surface area contributed by atoms with Gasteiger partial charge in [-0.15, -0.1) is 0 Å². The van der Waals surface area contributed by atoms with Crippen molar-refractivity contribution in [3.05, 3.63) is 95.0 Å². The Morgan fingerprint density at radius 2 is 1.53 bits per heavy atom. The number of piperidine rings is 1. The van der Waals surface area contributed by atoms with Gasteiger partial charge in [-0.3, -0.25) is 14.5 Å². The number of anilines is 1. The maximum absolute atomic E-state index is 14.0. The number of rotatable bonds is 7. The Morgan fingerprint density at radius 3 is 2.16 bits per heavy atom. The molecule has 0 N–H and O–H groups in total. The lowest BCUT2D eigenvalue weighted by molar-refractivity contribution is -0.122. The number of amides is 2. The number of imide groups is 1. The molecule has 3 aromatic carbocycles. The summed E-state index contributed by atoms with van der Waals surface area (Å²) in [5, 5.41) is 0.419. The smallest absolute Gasteiger partial charge is 0.252 e. The zero-order valence-corrected chi connectivity index (χ0v) is 22.7. The molecule has 0 bridgehead atoms. The maximum atomic E-state index is 14.0. The Balaban J connectivity index is 1.43. The third-order valence-corrected chi connectivity index (χ3v) is 9.50. The molecule has 1 atom stereocenters. The largest absolute Gasteiger partial charge is 0.299 e. The number of likely N-dealkylation sites (tertiary alicyclic amines) is 1. The van der Waals surface area contributed by atoms with E-state index in [1.807, 2.05) is 37.3 Å². The van der Waals surface area contributed by atoms with E-state index in [0.717, 1.165) is 17.0 Å². The van der Waals surface area contributed by atoms with E-state index in [1.165, 1.54) is 34.1 Å². The highest BCUT2D eigenvalue weighted by Gasteiger charge is 2.49.